The molecule has 11 heavy (non-hydrogen) atoms. The summed E-state index contributed by atoms with van der Waals surface area (Å²) >= 11 is 0. The Labute approximate surface area is 67.4 Å². The van der Waals surface area contributed by atoms with E-state index in [-0.39, 0.29) is 12.2 Å². The normalized spacial score (nSPS) is 8.45. The second-order valence-electron chi connectivity index (χ2n) is 2.65. The zero-order chi connectivity index (χ0) is 9.44. The van der Waals surface area contributed by atoms with E-state index in [0.717, 1.165) is 0 Å². The van der Waals surface area contributed by atoms with Gasteiger partial charge < -0.3 is 5.11 Å². The van der Waals surface area contributed by atoms with Crippen LogP contribution in [-0.4, -0.2) is 17.7 Å². The monoisotopic (exact) mass is 159 g/mol. The average molecular weight is 159 g/mol. The Morgan fingerprint density at radius 1 is 1.55 bits per heavy atom. The molecule has 0 aromatic heterocycles. The SMILES string of the molecule is C=C(C)C(=O)O.CC(C)C[O]. The van der Waals surface area contributed by atoms with Crippen LogP contribution in [-0.2, 0) is 9.90 Å². The molecule has 0 saturated heterocycles. The van der Waals surface area contributed by atoms with Gasteiger partial charge in [0.25, 0.3) is 0 Å². The quantitative estimate of drug-likeness (QED) is 0.623. The van der Waals surface area contributed by atoms with Gasteiger partial charge in [-0.3, -0.25) is 0 Å². The summed E-state index contributed by atoms with van der Waals surface area (Å²) in [6.45, 7) is 8.48. The third-order valence-corrected chi connectivity index (χ3v) is 0.698. The molecule has 0 heterocycles. The van der Waals surface area contributed by atoms with Crippen LogP contribution in [0, 0.1) is 5.92 Å². The number of hydrogen-bond donors (Lipinski definition) is 1. The van der Waals surface area contributed by atoms with Gasteiger partial charge in [0.1, 0.15) is 0 Å². The topological polar surface area (TPSA) is 57.2 Å². The molecule has 0 atom stereocenters. The Bertz CT molecular complexity index is 115. The standard InChI is InChI=1S/C4H6O2.C4H9O/c1-3(2)4(5)6;1-4(2)3-5/h1H2,2H3,(H,5,6);4H,3H2,1-2H3. The van der Waals surface area contributed by atoms with Crippen molar-refractivity contribution in [1.82, 2.24) is 0 Å². The van der Waals surface area contributed by atoms with Gasteiger partial charge in [-0.2, -0.15) is 0 Å². The molecule has 0 unspecified atom stereocenters. The Hall–Kier alpha value is -0.830. The summed E-state index contributed by atoms with van der Waals surface area (Å²) in [5.41, 5.74) is 0.176. The highest BCUT2D eigenvalue weighted by Crippen LogP contribution is 1.84. The average Bonchev–Trinajstić information content (AvgIpc) is 1.89. The molecule has 3 heteroatoms. The van der Waals surface area contributed by atoms with E-state index < -0.39 is 5.97 Å². The summed E-state index contributed by atoms with van der Waals surface area (Å²) in [6.07, 6.45) is 0. The second kappa shape index (κ2) is 7.28. The maximum Gasteiger partial charge on any atom is 0.330 e. The van der Waals surface area contributed by atoms with Gasteiger partial charge in [0.05, 0.1) is 6.61 Å². The minimum absolute atomic E-state index is 0.0556. The van der Waals surface area contributed by atoms with Crippen LogP contribution in [0.1, 0.15) is 20.8 Å². The summed E-state index contributed by atoms with van der Waals surface area (Å²) in [5.74, 6) is -0.606. The van der Waals surface area contributed by atoms with E-state index in [1.807, 2.05) is 13.8 Å². The Morgan fingerprint density at radius 2 is 1.73 bits per heavy atom. The van der Waals surface area contributed by atoms with Crippen LogP contribution in [0.2, 0.25) is 0 Å². The first-order chi connectivity index (χ1) is 4.91. The molecule has 0 bridgehead atoms. The van der Waals surface area contributed by atoms with Gasteiger partial charge in [-0.25, -0.2) is 9.90 Å². The van der Waals surface area contributed by atoms with Crippen molar-refractivity contribution in [3.8, 4) is 0 Å². The molecule has 3 nitrogen and oxygen atoms in total. The Balaban J connectivity index is 0. The van der Waals surface area contributed by atoms with E-state index in [0.29, 0.717) is 5.92 Å². The van der Waals surface area contributed by atoms with Crippen molar-refractivity contribution in [2.75, 3.05) is 6.61 Å². The minimum Gasteiger partial charge on any atom is -0.478 e. The van der Waals surface area contributed by atoms with Crippen molar-refractivity contribution >= 4 is 5.97 Å². The van der Waals surface area contributed by atoms with Gasteiger partial charge in [-0.05, 0) is 12.8 Å². The summed E-state index contributed by atoms with van der Waals surface area (Å²) in [4.78, 5) is 9.60. The highest BCUT2D eigenvalue weighted by atomic mass is 16.4. The highest BCUT2D eigenvalue weighted by Gasteiger charge is 1.90. The third kappa shape index (κ3) is 17.6. The minimum atomic E-state index is -0.935. The maximum atomic E-state index is 9.63. The molecule has 0 saturated carbocycles. The van der Waals surface area contributed by atoms with E-state index in [9.17, 15) is 9.90 Å². The molecule has 0 aliphatic rings. The number of rotatable bonds is 2. The van der Waals surface area contributed by atoms with Crippen LogP contribution in [0.3, 0.4) is 0 Å². The summed E-state index contributed by atoms with van der Waals surface area (Å²) in [7, 11) is 0. The van der Waals surface area contributed by atoms with Gasteiger partial charge in [0, 0.05) is 5.57 Å². The van der Waals surface area contributed by atoms with Gasteiger partial charge in [-0.1, -0.05) is 20.4 Å². The van der Waals surface area contributed by atoms with E-state index in [4.69, 9.17) is 5.11 Å². The molecule has 1 radical (unpaired) electrons. The summed E-state index contributed by atoms with van der Waals surface area (Å²) in [6, 6.07) is 0. The van der Waals surface area contributed by atoms with E-state index in [2.05, 4.69) is 6.58 Å². The van der Waals surface area contributed by atoms with Gasteiger partial charge in [-0.15, -0.1) is 0 Å². The van der Waals surface area contributed by atoms with Crippen LogP contribution in [0.5, 0.6) is 0 Å². The molecule has 1 N–H and O–H groups in total. The van der Waals surface area contributed by atoms with Crippen molar-refractivity contribution in [2.45, 2.75) is 20.8 Å². The lowest BCUT2D eigenvalue weighted by atomic mass is 10.2. The van der Waals surface area contributed by atoms with Gasteiger partial charge in [0.2, 0.25) is 0 Å². The van der Waals surface area contributed by atoms with Crippen LogP contribution >= 0.6 is 0 Å². The fraction of sp³-hybridized carbons (Fsp3) is 0.625. The lowest BCUT2D eigenvalue weighted by Gasteiger charge is -1.87. The number of carboxylic acid groups (broad SMARTS) is 1. The molecular formula is C8H15O3. The van der Waals surface area contributed by atoms with Crippen molar-refractivity contribution in [1.29, 1.82) is 0 Å². The Kier molecular flexibility index (Phi) is 8.48. The molecule has 0 aromatic carbocycles. The predicted molar refractivity (Wildman–Crippen MR) is 42.8 cm³/mol. The molecule has 0 rings (SSSR count). The highest BCUT2D eigenvalue weighted by molar-refractivity contribution is 5.84. The number of carboxylic acids is 1. The molecule has 0 amide bonds. The molecule has 0 aromatic rings. The maximum absolute atomic E-state index is 9.63. The fourth-order valence-electron chi connectivity index (χ4n) is 0. The van der Waals surface area contributed by atoms with Crippen molar-refractivity contribution in [2.24, 2.45) is 5.92 Å². The lowest BCUT2D eigenvalue weighted by molar-refractivity contribution is -0.132. The molecule has 0 fully saturated rings. The van der Waals surface area contributed by atoms with Gasteiger partial charge in [0.15, 0.2) is 0 Å². The number of carbonyl (C=O) groups is 1. The van der Waals surface area contributed by atoms with E-state index in [1.165, 1.54) is 6.92 Å². The lowest BCUT2D eigenvalue weighted by Crippen LogP contribution is -1.92. The largest absolute Gasteiger partial charge is 0.478 e. The van der Waals surface area contributed by atoms with Gasteiger partial charge >= 0.3 is 5.97 Å². The Morgan fingerprint density at radius 3 is 1.73 bits per heavy atom. The van der Waals surface area contributed by atoms with E-state index >= 15 is 0 Å². The summed E-state index contributed by atoms with van der Waals surface area (Å²) < 4.78 is 0. The van der Waals surface area contributed by atoms with Crippen LogP contribution in [0.15, 0.2) is 12.2 Å². The van der Waals surface area contributed by atoms with Crippen LogP contribution < -0.4 is 0 Å². The zero-order valence-electron chi connectivity index (χ0n) is 7.26. The fourth-order valence-corrected chi connectivity index (χ4v) is 0. The molecule has 0 spiro atoms. The number of aliphatic carboxylic acids is 1. The van der Waals surface area contributed by atoms with Crippen molar-refractivity contribution in [3.05, 3.63) is 12.2 Å². The van der Waals surface area contributed by atoms with Crippen LogP contribution in [0.25, 0.3) is 0 Å². The number of hydrogen-bond acceptors (Lipinski definition) is 1. The van der Waals surface area contributed by atoms with E-state index in [1.54, 1.807) is 0 Å². The molecule has 0 aliphatic heterocycles. The second-order valence-corrected chi connectivity index (χ2v) is 2.65. The third-order valence-electron chi connectivity index (χ3n) is 0.698. The molecule has 65 valence electrons. The summed E-state index contributed by atoms with van der Waals surface area (Å²) in [5, 5.41) is 17.5. The molecule has 0 aliphatic carbocycles. The first kappa shape index (κ1) is 12.8. The molecular weight excluding hydrogens is 144 g/mol. The van der Waals surface area contributed by atoms with Crippen molar-refractivity contribution in [3.63, 3.8) is 0 Å². The first-order valence-electron chi connectivity index (χ1n) is 3.38. The van der Waals surface area contributed by atoms with Crippen LogP contribution in [0.4, 0.5) is 0 Å². The predicted octanol–water partition coefficient (Wildman–Crippen LogP) is 1.72. The zero-order valence-corrected chi connectivity index (χ0v) is 7.26. The smallest absolute Gasteiger partial charge is 0.330 e. The van der Waals surface area contributed by atoms with Crippen molar-refractivity contribution < 1.29 is 15.0 Å². The first-order valence-corrected chi connectivity index (χ1v) is 3.38.